The second-order valence-corrected chi connectivity index (χ2v) is 5.20. The third-order valence-electron chi connectivity index (χ3n) is 3.82. The maximum atomic E-state index is 9.98. The van der Waals surface area contributed by atoms with Gasteiger partial charge >= 0.3 is 0 Å². The molecule has 0 amide bonds. The van der Waals surface area contributed by atoms with Crippen molar-refractivity contribution < 1.29 is 19.5 Å². The number of hydrogen-bond acceptors (Lipinski definition) is 3. The zero-order valence-corrected chi connectivity index (χ0v) is 10.6. The van der Waals surface area contributed by atoms with E-state index in [-0.39, 0.29) is 6.61 Å². The minimum atomic E-state index is -0.833. The Morgan fingerprint density at radius 3 is 2.83 bits per heavy atom. The molecule has 3 rings (SSSR count). The van der Waals surface area contributed by atoms with E-state index < -0.39 is 18.3 Å². The van der Waals surface area contributed by atoms with Crippen LogP contribution in [0.4, 0.5) is 0 Å². The summed E-state index contributed by atoms with van der Waals surface area (Å²) in [5.41, 5.74) is 3.36. The number of aromatic nitrogens is 1. The molecule has 96 valence electrons. The molecule has 4 atom stereocenters. The molecule has 0 radical (unpaired) electrons. The van der Waals surface area contributed by atoms with Gasteiger partial charge in [0.05, 0.1) is 6.61 Å². The van der Waals surface area contributed by atoms with Crippen molar-refractivity contribution in [3.05, 3.63) is 35.7 Å². The van der Waals surface area contributed by atoms with Crippen molar-refractivity contribution in [2.24, 2.45) is 7.05 Å². The van der Waals surface area contributed by atoms with Crippen LogP contribution in [-0.4, -0.2) is 35.1 Å². The van der Waals surface area contributed by atoms with Gasteiger partial charge in [-0.15, -0.1) is 0 Å². The van der Waals surface area contributed by atoms with E-state index in [1.807, 2.05) is 24.0 Å². The normalized spacial score (nSPS) is 34.6. The van der Waals surface area contributed by atoms with Gasteiger partial charge in [0.2, 0.25) is 0 Å². The lowest BCUT2D eigenvalue weighted by molar-refractivity contribution is -0.671. The number of aliphatic hydroxyl groups is 2. The predicted molar refractivity (Wildman–Crippen MR) is 65.8 cm³/mol. The highest BCUT2D eigenvalue weighted by molar-refractivity contribution is 5.77. The number of hydrogen-bond donors (Lipinski definition) is 2. The topological polar surface area (TPSA) is 53.6 Å². The summed E-state index contributed by atoms with van der Waals surface area (Å²) >= 11 is 0. The summed E-state index contributed by atoms with van der Waals surface area (Å²) in [6.45, 7) is 2.33. The van der Waals surface area contributed by atoms with Gasteiger partial charge in [-0.05, 0) is 11.1 Å². The molecule has 4 nitrogen and oxygen atoms in total. The fraction of sp³-hybridized carbons (Fsp3) is 0.500. The van der Waals surface area contributed by atoms with Crippen LogP contribution in [-0.2, 0) is 11.8 Å². The lowest BCUT2D eigenvalue weighted by Crippen LogP contribution is -2.32. The Kier molecular flexibility index (Phi) is 2.73. The van der Waals surface area contributed by atoms with Gasteiger partial charge < -0.3 is 14.9 Å². The van der Waals surface area contributed by atoms with Gasteiger partial charge in [-0.3, -0.25) is 0 Å². The van der Waals surface area contributed by atoms with Crippen molar-refractivity contribution in [2.45, 2.75) is 31.2 Å². The molecule has 0 aromatic carbocycles. The fourth-order valence-corrected chi connectivity index (χ4v) is 2.82. The van der Waals surface area contributed by atoms with Gasteiger partial charge in [-0.25, -0.2) is 4.57 Å². The number of pyridine rings is 1. The van der Waals surface area contributed by atoms with E-state index >= 15 is 0 Å². The van der Waals surface area contributed by atoms with Crippen LogP contribution >= 0.6 is 0 Å². The summed E-state index contributed by atoms with van der Waals surface area (Å²) in [5.74, 6) is 0.324. The Balaban J connectivity index is 2.01. The summed E-state index contributed by atoms with van der Waals surface area (Å²) in [6, 6.07) is 2.10. The quantitative estimate of drug-likeness (QED) is 0.695. The maximum Gasteiger partial charge on any atom is 0.176 e. The first kappa shape index (κ1) is 11.8. The average molecular weight is 248 g/mol. The third kappa shape index (κ3) is 1.68. The molecule has 0 saturated carbocycles. The van der Waals surface area contributed by atoms with Crippen LogP contribution in [0.5, 0.6) is 0 Å². The average Bonchev–Trinajstić information content (AvgIpc) is 2.82. The molecule has 4 heteroatoms. The van der Waals surface area contributed by atoms with Gasteiger partial charge in [0, 0.05) is 17.5 Å². The minimum absolute atomic E-state index is 0.200. The summed E-state index contributed by atoms with van der Waals surface area (Å²) in [7, 11) is 1.97. The monoisotopic (exact) mass is 248 g/mol. The smallest absolute Gasteiger partial charge is 0.176 e. The summed E-state index contributed by atoms with van der Waals surface area (Å²) < 4.78 is 7.52. The molecule has 2 N–H and O–H groups in total. The van der Waals surface area contributed by atoms with Crippen molar-refractivity contribution in [3.63, 3.8) is 0 Å². The zero-order valence-electron chi connectivity index (χ0n) is 10.6. The van der Waals surface area contributed by atoms with E-state index in [4.69, 9.17) is 4.74 Å². The molecule has 1 aliphatic carbocycles. The van der Waals surface area contributed by atoms with Crippen LogP contribution in [0.3, 0.4) is 0 Å². The van der Waals surface area contributed by atoms with Gasteiger partial charge in [-0.1, -0.05) is 13.0 Å². The lowest BCUT2D eigenvalue weighted by Gasteiger charge is -2.16. The van der Waals surface area contributed by atoms with Crippen LogP contribution in [0.1, 0.15) is 24.0 Å². The molecule has 0 bridgehead atoms. The van der Waals surface area contributed by atoms with Crippen molar-refractivity contribution in [3.8, 4) is 0 Å². The Bertz CT molecular complexity index is 512. The van der Waals surface area contributed by atoms with E-state index in [9.17, 15) is 10.2 Å². The number of allylic oxidation sites excluding steroid dienone is 1. The molecular formula is C14H18NO3+. The summed E-state index contributed by atoms with van der Waals surface area (Å²) in [6.07, 6.45) is 4.16. The molecule has 18 heavy (non-hydrogen) atoms. The molecule has 1 aromatic rings. The Morgan fingerprint density at radius 1 is 1.39 bits per heavy atom. The van der Waals surface area contributed by atoms with E-state index in [0.717, 1.165) is 11.1 Å². The number of nitrogens with zero attached hydrogens (tertiary/aromatic N) is 1. The van der Waals surface area contributed by atoms with Crippen molar-refractivity contribution in [2.75, 3.05) is 6.61 Å². The molecule has 2 aliphatic rings. The molecule has 1 unspecified atom stereocenters. The van der Waals surface area contributed by atoms with E-state index in [0.29, 0.717) is 5.92 Å². The van der Waals surface area contributed by atoms with Crippen molar-refractivity contribution in [1.29, 1.82) is 0 Å². The first-order valence-electron chi connectivity index (χ1n) is 6.27. The molecule has 1 aromatic heterocycles. The predicted octanol–water partition coefficient (Wildman–Crippen LogP) is 0.132. The summed E-state index contributed by atoms with van der Waals surface area (Å²) in [4.78, 5) is 0. The second kappa shape index (κ2) is 4.16. The Labute approximate surface area is 106 Å². The number of aliphatic hydroxyl groups excluding tert-OH is 2. The number of rotatable bonds is 1. The van der Waals surface area contributed by atoms with Crippen molar-refractivity contribution in [1.82, 2.24) is 0 Å². The number of aryl methyl sites for hydroxylation is 1. The molecule has 0 spiro atoms. The minimum Gasteiger partial charge on any atom is -0.388 e. The SMILES string of the molecule is CC1C=C([C@H]2OC[C@H](O)[C@H]2O)c2c[n+](C)ccc21. The highest BCUT2D eigenvalue weighted by Gasteiger charge is 2.40. The molecule has 1 aliphatic heterocycles. The van der Waals surface area contributed by atoms with E-state index in [2.05, 4.69) is 19.1 Å². The molecule has 2 heterocycles. The third-order valence-corrected chi connectivity index (χ3v) is 3.82. The highest BCUT2D eigenvalue weighted by atomic mass is 16.5. The standard InChI is InChI=1S/C14H18NO3/c1-8-5-10(14-13(17)12(16)7-18-14)11-6-15(2)4-3-9(8)11/h3-6,8,12-14,16-17H,7H2,1-2H3/q+1/t8?,12-,13+,14+/m0/s1. The van der Waals surface area contributed by atoms with Gasteiger partial charge in [-0.2, -0.15) is 0 Å². The van der Waals surface area contributed by atoms with Gasteiger partial charge in [0.25, 0.3) is 0 Å². The second-order valence-electron chi connectivity index (χ2n) is 5.20. The fourth-order valence-electron chi connectivity index (χ4n) is 2.82. The van der Waals surface area contributed by atoms with Crippen LogP contribution in [0, 0.1) is 0 Å². The molecular weight excluding hydrogens is 230 g/mol. The van der Waals surface area contributed by atoms with Gasteiger partial charge in [0.15, 0.2) is 12.4 Å². The largest absolute Gasteiger partial charge is 0.388 e. The van der Waals surface area contributed by atoms with Crippen molar-refractivity contribution >= 4 is 5.57 Å². The lowest BCUT2D eigenvalue weighted by atomic mass is 9.98. The van der Waals surface area contributed by atoms with Crippen LogP contribution < -0.4 is 4.57 Å². The van der Waals surface area contributed by atoms with Crippen LogP contribution in [0.2, 0.25) is 0 Å². The number of ether oxygens (including phenoxy) is 1. The molecule has 1 fully saturated rings. The van der Waals surface area contributed by atoms with Crippen LogP contribution in [0.15, 0.2) is 24.5 Å². The highest BCUT2D eigenvalue weighted by Crippen LogP contribution is 2.39. The number of fused-ring (bicyclic) bond motifs is 1. The summed E-state index contributed by atoms with van der Waals surface area (Å²) in [5, 5.41) is 19.6. The van der Waals surface area contributed by atoms with E-state index in [1.165, 1.54) is 5.56 Å². The Hall–Kier alpha value is -1.23. The maximum absolute atomic E-state index is 9.98. The Morgan fingerprint density at radius 2 is 2.17 bits per heavy atom. The zero-order chi connectivity index (χ0) is 12.9. The first-order valence-corrected chi connectivity index (χ1v) is 6.27. The molecule has 1 saturated heterocycles. The van der Waals surface area contributed by atoms with E-state index in [1.54, 1.807) is 0 Å². The van der Waals surface area contributed by atoms with Crippen LogP contribution in [0.25, 0.3) is 5.57 Å². The first-order chi connectivity index (χ1) is 8.58. The van der Waals surface area contributed by atoms with Gasteiger partial charge in [0.1, 0.15) is 25.4 Å².